The minimum Gasteiger partial charge on any atom is -0.241 e. The molecule has 0 fully saturated rings. The molecule has 0 radical (unpaired) electrons. The molecule has 3 heteroatoms. The van der Waals surface area contributed by atoms with Gasteiger partial charge in [0, 0.05) is 5.69 Å². The van der Waals surface area contributed by atoms with Crippen molar-refractivity contribution in [3.8, 4) is 0 Å². The predicted octanol–water partition coefficient (Wildman–Crippen LogP) is 1.85. The van der Waals surface area contributed by atoms with Crippen LogP contribution in [0, 0.1) is 0 Å². The maximum atomic E-state index is 4.17. The zero-order chi connectivity index (χ0) is 8.55. The second-order valence-corrected chi connectivity index (χ2v) is 3.16. The maximum absolute atomic E-state index is 4.17. The van der Waals surface area contributed by atoms with Crippen molar-refractivity contribution < 1.29 is 0 Å². The van der Waals surface area contributed by atoms with Gasteiger partial charge in [0.05, 0.1) is 11.7 Å². The Morgan fingerprint density at radius 1 is 1.33 bits per heavy atom. The summed E-state index contributed by atoms with van der Waals surface area (Å²) in [6.45, 7) is 4.31. The van der Waals surface area contributed by atoms with Crippen LogP contribution in [0.3, 0.4) is 0 Å². The highest BCUT2D eigenvalue weighted by atomic mass is 15.2. The Labute approximate surface area is 71.1 Å². The van der Waals surface area contributed by atoms with E-state index in [2.05, 4.69) is 30.0 Å². The molecule has 0 aliphatic rings. The SMILES string of the molecule is CC(C)c1ccc2cncnn12. The summed E-state index contributed by atoms with van der Waals surface area (Å²) in [6, 6.07) is 4.13. The Kier molecular flexibility index (Phi) is 1.57. The zero-order valence-corrected chi connectivity index (χ0v) is 7.23. The molecule has 62 valence electrons. The number of fused-ring (bicyclic) bond motifs is 1. The van der Waals surface area contributed by atoms with Crippen LogP contribution in [0.4, 0.5) is 0 Å². The molecule has 0 unspecified atom stereocenters. The van der Waals surface area contributed by atoms with Gasteiger partial charge < -0.3 is 0 Å². The van der Waals surface area contributed by atoms with Gasteiger partial charge >= 0.3 is 0 Å². The quantitative estimate of drug-likeness (QED) is 0.639. The molecule has 2 heterocycles. The van der Waals surface area contributed by atoms with E-state index in [4.69, 9.17) is 0 Å². The molecule has 0 atom stereocenters. The molecule has 0 N–H and O–H groups in total. The molecule has 0 aliphatic heterocycles. The summed E-state index contributed by atoms with van der Waals surface area (Å²) in [4.78, 5) is 3.95. The van der Waals surface area contributed by atoms with Gasteiger partial charge in [0.15, 0.2) is 0 Å². The summed E-state index contributed by atoms with van der Waals surface area (Å²) in [7, 11) is 0. The van der Waals surface area contributed by atoms with Crippen LogP contribution in [0.2, 0.25) is 0 Å². The van der Waals surface area contributed by atoms with Gasteiger partial charge in [-0.05, 0) is 18.1 Å². The van der Waals surface area contributed by atoms with Gasteiger partial charge in [-0.1, -0.05) is 13.8 Å². The third-order valence-corrected chi connectivity index (χ3v) is 1.95. The molecule has 0 saturated carbocycles. The average molecular weight is 161 g/mol. The molecule has 2 aromatic rings. The molecular weight excluding hydrogens is 150 g/mol. The van der Waals surface area contributed by atoms with Crippen molar-refractivity contribution in [2.75, 3.05) is 0 Å². The Morgan fingerprint density at radius 2 is 2.17 bits per heavy atom. The first kappa shape index (κ1) is 7.28. The fourth-order valence-corrected chi connectivity index (χ4v) is 1.32. The van der Waals surface area contributed by atoms with Crippen LogP contribution in [-0.4, -0.2) is 14.6 Å². The number of aromatic nitrogens is 3. The second-order valence-electron chi connectivity index (χ2n) is 3.16. The number of hydrogen-bond donors (Lipinski definition) is 0. The van der Waals surface area contributed by atoms with Crippen LogP contribution < -0.4 is 0 Å². The third-order valence-electron chi connectivity index (χ3n) is 1.95. The fraction of sp³-hybridized carbons (Fsp3) is 0.333. The molecular formula is C9H11N3. The highest BCUT2D eigenvalue weighted by Crippen LogP contribution is 2.15. The molecule has 2 rings (SSSR count). The monoisotopic (exact) mass is 161 g/mol. The van der Waals surface area contributed by atoms with Crippen molar-refractivity contribution in [3.05, 3.63) is 30.4 Å². The maximum Gasteiger partial charge on any atom is 0.136 e. The Balaban J connectivity index is 2.70. The Bertz CT molecular complexity index is 389. The first-order valence-corrected chi connectivity index (χ1v) is 4.06. The predicted molar refractivity (Wildman–Crippen MR) is 47.1 cm³/mol. The molecule has 3 nitrogen and oxygen atoms in total. The number of nitrogens with zero attached hydrogens (tertiary/aromatic N) is 3. The molecule has 12 heavy (non-hydrogen) atoms. The van der Waals surface area contributed by atoms with Gasteiger partial charge in [0.1, 0.15) is 6.33 Å². The van der Waals surface area contributed by atoms with Crippen LogP contribution in [0.15, 0.2) is 24.7 Å². The summed E-state index contributed by atoms with van der Waals surface area (Å²) < 4.78 is 1.93. The van der Waals surface area contributed by atoms with E-state index < -0.39 is 0 Å². The summed E-state index contributed by atoms with van der Waals surface area (Å²) in [5, 5.41) is 4.17. The summed E-state index contributed by atoms with van der Waals surface area (Å²) in [5.74, 6) is 0.502. The smallest absolute Gasteiger partial charge is 0.136 e. The summed E-state index contributed by atoms with van der Waals surface area (Å²) >= 11 is 0. The first-order chi connectivity index (χ1) is 5.79. The molecule has 0 aromatic carbocycles. The normalized spacial score (nSPS) is 11.2. The van der Waals surface area contributed by atoms with Crippen molar-refractivity contribution in [1.29, 1.82) is 0 Å². The minimum absolute atomic E-state index is 0.502. The van der Waals surface area contributed by atoms with Crippen molar-refractivity contribution in [2.24, 2.45) is 0 Å². The van der Waals surface area contributed by atoms with E-state index in [0.717, 1.165) is 5.52 Å². The van der Waals surface area contributed by atoms with E-state index in [9.17, 15) is 0 Å². The third kappa shape index (κ3) is 0.978. The Morgan fingerprint density at radius 3 is 2.92 bits per heavy atom. The van der Waals surface area contributed by atoms with Crippen molar-refractivity contribution in [2.45, 2.75) is 19.8 Å². The van der Waals surface area contributed by atoms with E-state index in [1.54, 1.807) is 6.33 Å². The number of hydrogen-bond acceptors (Lipinski definition) is 2. The van der Waals surface area contributed by atoms with E-state index in [1.165, 1.54) is 5.69 Å². The van der Waals surface area contributed by atoms with E-state index in [1.807, 2.05) is 16.8 Å². The van der Waals surface area contributed by atoms with Crippen molar-refractivity contribution in [1.82, 2.24) is 14.6 Å². The van der Waals surface area contributed by atoms with E-state index >= 15 is 0 Å². The standard InChI is InChI=1S/C9H11N3/c1-7(2)9-4-3-8-5-10-6-11-12(8)9/h3-7H,1-2H3. The van der Waals surface area contributed by atoms with Gasteiger partial charge in [-0.2, -0.15) is 5.10 Å². The van der Waals surface area contributed by atoms with Crippen molar-refractivity contribution >= 4 is 5.52 Å². The number of rotatable bonds is 1. The molecule has 0 amide bonds. The zero-order valence-electron chi connectivity index (χ0n) is 7.23. The van der Waals surface area contributed by atoms with Gasteiger partial charge in [-0.15, -0.1) is 0 Å². The van der Waals surface area contributed by atoms with Crippen LogP contribution in [0.25, 0.3) is 5.52 Å². The fourth-order valence-electron chi connectivity index (χ4n) is 1.32. The minimum atomic E-state index is 0.502. The average Bonchev–Trinajstić information content (AvgIpc) is 2.47. The van der Waals surface area contributed by atoms with Crippen LogP contribution in [0.5, 0.6) is 0 Å². The highest BCUT2D eigenvalue weighted by Gasteiger charge is 2.04. The van der Waals surface area contributed by atoms with Crippen LogP contribution in [0.1, 0.15) is 25.5 Å². The molecule has 0 aliphatic carbocycles. The summed E-state index contributed by atoms with van der Waals surface area (Å²) in [6.07, 6.45) is 3.39. The molecule has 0 spiro atoms. The van der Waals surface area contributed by atoms with Crippen LogP contribution >= 0.6 is 0 Å². The topological polar surface area (TPSA) is 30.2 Å². The molecule has 0 saturated heterocycles. The lowest BCUT2D eigenvalue weighted by Gasteiger charge is -2.02. The molecule has 2 aromatic heterocycles. The summed E-state index contributed by atoms with van der Waals surface area (Å²) in [5.41, 5.74) is 2.29. The van der Waals surface area contributed by atoms with Gasteiger partial charge in [0.2, 0.25) is 0 Å². The Hall–Kier alpha value is -1.38. The van der Waals surface area contributed by atoms with E-state index in [0.29, 0.717) is 5.92 Å². The van der Waals surface area contributed by atoms with Gasteiger partial charge in [-0.3, -0.25) is 0 Å². The lowest BCUT2D eigenvalue weighted by Crippen LogP contribution is -1.98. The van der Waals surface area contributed by atoms with Crippen molar-refractivity contribution in [3.63, 3.8) is 0 Å². The largest absolute Gasteiger partial charge is 0.241 e. The second kappa shape index (κ2) is 2.59. The van der Waals surface area contributed by atoms with E-state index in [-0.39, 0.29) is 0 Å². The highest BCUT2D eigenvalue weighted by molar-refractivity contribution is 5.46. The first-order valence-electron chi connectivity index (χ1n) is 4.06. The lowest BCUT2D eigenvalue weighted by molar-refractivity contribution is 0.751. The van der Waals surface area contributed by atoms with Gasteiger partial charge in [0.25, 0.3) is 0 Å². The van der Waals surface area contributed by atoms with Crippen LogP contribution in [-0.2, 0) is 0 Å². The van der Waals surface area contributed by atoms with Gasteiger partial charge in [-0.25, -0.2) is 9.50 Å². The lowest BCUT2D eigenvalue weighted by atomic mass is 10.1. The molecule has 0 bridgehead atoms.